The van der Waals surface area contributed by atoms with Gasteiger partial charge in [-0.1, -0.05) is 41.6 Å². The molecule has 0 atom stereocenters. The van der Waals surface area contributed by atoms with Crippen molar-refractivity contribution in [1.82, 2.24) is 14.9 Å². The number of rotatable bonds is 7. The second-order valence-corrected chi connectivity index (χ2v) is 7.47. The summed E-state index contributed by atoms with van der Waals surface area (Å²) in [5.41, 5.74) is 4.87. The topological polar surface area (TPSA) is 82.2 Å². The summed E-state index contributed by atoms with van der Waals surface area (Å²) >= 11 is 0. The standard InChI is InChI=1S/C24H24N4O3/c1-16-9-10-21(11-17(16)2)30-15-22-18(3)31-27-23(22)24(29)26-20-12-25-28(14-20)13-19-7-5-4-6-8-19/h4-12,14H,13,15H2,1-3H3,(H,26,29). The van der Waals surface area contributed by atoms with Gasteiger partial charge in [0.15, 0.2) is 5.69 Å². The van der Waals surface area contributed by atoms with Crippen LogP contribution in [0.2, 0.25) is 0 Å². The lowest BCUT2D eigenvalue weighted by Crippen LogP contribution is -2.15. The predicted octanol–water partition coefficient (Wildman–Crippen LogP) is 4.68. The number of anilines is 1. The smallest absolute Gasteiger partial charge is 0.278 e. The van der Waals surface area contributed by atoms with Crippen molar-refractivity contribution in [1.29, 1.82) is 0 Å². The van der Waals surface area contributed by atoms with E-state index in [1.54, 1.807) is 24.0 Å². The average molecular weight is 416 g/mol. The van der Waals surface area contributed by atoms with Crippen LogP contribution in [0.25, 0.3) is 0 Å². The van der Waals surface area contributed by atoms with Crippen molar-refractivity contribution in [3.63, 3.8) is 0 Å². The van der Waals surface area contributed by atoms with Gasteiger partial charge in [0.25, 0.3) is 5.91 Å². The van der Waals surface area contributed by atoms with E-state index in [4.69, 9.17) is 9.26 Å². The summed E-state index contributed by atoms with van der Waals surface area (Å²) in [4.78, 5) is 12.8. The number of hydrogen-bond acceptors (Lipinski definition) is 5. The lowest BCUT2D eigenvalue weighted by Gasteiger charge is -2.08. The van der Waals surface area contributed by atoms with E-state index in [-0.39, 0.29) is 18.2 Å². The molecule has 4 rings (SSSR count). The molecule has 0 aliphatic heterocycles. The Morgan fingerprint density at radius 3 is 2.68 bits per heavy atom. The molecule has 0 radical (unpaired) electrons. The molecule has 7 heteroatoms. The Bertz CT molecular complexity index is 1190. The Hall–Kier alpha value is -3.87. The van der Waals surface area contributed by atoms with Crippen molar-refractivity contribution < 1.29 is 14.1 Å². The van der Waals surface area contributed by atoms with Crippen molar-refractivity contribution in [3.05, 3.63) is 94.6 Å². The summed E-state index contributed by atoms with van der Waals surface area (Å²) in [6, 6.07) is 15.9. The minimum Gasteiger partial charge on any atom is -0.489 e. The number of ether oxygens (including phenoxy) is 1. The number of hydrogen-bond donors (Lipinski definition) is 1. The van der Waals surface area contributed by atoms with Crippen LogP contribution < -0.4 is 10.1 Å². The monoisotopic (exact) mass is 416 g/mol. The number of carbonyl (C=O) groups excluding carboxylic acids is 1. The van der Waals surface area contributed by atoms with E-state index in [1.165, 1.54) is 5.56 Å². The van der Waals surface area contributed by atoms with Crippen LogP contribution in [0, 0.1) is 20.8 Å². The number of nitrogens with zero attached hydrogens (tertiary/aromatic N) is 3. The molecular weight excluding hydrogens is 392 g/mol. The highest BCUT2D eigenvalue weighted by Crippen LogP contribution is 2.21. The van der Waals surface area contributed by atoms with Gasteiger partial charge >= 0.3 is 0 Å². The third-order valence-electron chi connectivity index (χ3n) is 5.14. The highest BCUT2D eigenvalue weighted by Gasteiger charge is 2.21. The molecule has 2 heterocycles. The zero-order chi connectivity index (χ0) is 21.8. The third kappa shape index (κ3) is 4.83. The maximum Gasteiger partial charge on any atom is 0.278 e. The second-order valence-electron chi connectivity index (χ2n) is 7.47. The van der Waals surface area contributed by atoms with Gasteiger partial charge in [-0.3, -0.25) is 9.48 Å². The molecule has 2 aromatic carbocycles. The summed E-state index contributed by atoms with van der Waals surface area (Å²) in [5.74, 6) is 0.917. The van der Waals surface area contributed by atoms with Gasteiger partial charge in [0.05, 0.1) is 24.0 Å². The molecule has 0 fully saturated rings. The molecule has 0 saturated carbocycles. The minimum absolute atomic E-state index is 0.188. The van der Waals surface area contributed by atoms with Gasteiger partial charge in [0, 0.05) is 6.20 Å². The van der Waals surface area contributed by atoms with Gasteiger partial charge in [-0.05, 0) is 49.6 Å². The number of aryl methyl sites for hydroxylation is 3. The van der Waals surface area contributed by atoms with Gasteiger partial charge in [-0.25, -0.2) is 0 Å². The van der Waals surface area contributed by atoms with Crippen LogP contribution in [-0.2, 0) is 13.2 Å². The Balaban J connectivity index is 1.43. The highest BCUT2D eigenvalue weighted by atomic mass is 16.5. The number of benzene rings is 2. The first-order chi connectivity index (χ1) is 15.0. The normalized spacial score (nSPS) is 10.8. The fourth-order valence-electron chi connectivity index (χ4n) is 3.17. The molecule has 31 heavy (non-hydrogen) atoms. The van der Waals surface area contributed by atoms with Crippen LogP contribution in [-0.4, -0.2) is 20.8 Å². The van der Waals surface area contributed by atoms with E-state index in [2.05, 4.69) is 15.6 Å². The van der Waals surface area contributed by atoms with Crippen LogP contribution in [0.4, 0.5) is 5.69 Å². The molecule has 7 nitrogen and oxygen atoms in total. The fourth-order valence-corrected chi connectivity index (χ4v) is 3.17. The first-order valence-corrected chi connectivity index (χ1v) is 10.0. The molecule has 0 saturated heterocycles. The van der Waals surface area contributed by atoms with Crippen LogP contribution >= 0.6 is 0 Å². The van der Waals surface area contributed by atoms with Crippen molar-refractivity contribution in [2.45, 2.75) is 33.9 Å². The van der Waals surface area contributed by atoms with E-state index in [0.29, 0.717) is 23.6 Å². The summed E-state index contributed by atoms with van der Waals surface area (Å²) in [7, 11) is 0. The molecule has 0 aliphatic rings. The Kier molecular flexibility index (Phi) is 5.84. The maximum atomic E-state index is 12.8. The van der Waals surface area contributed by atoms with E-state index < -0.39 is 0 Å². The highest BCUT2D eigenvalue weighted by molar-refractivity contribution is 6.03. The van der Waals surface area contributed by atoms with E-state index in [9.17, 15) is 4.79 Å². The van der Waals surface area contributed by atoms with Crippen LogP contribution in [0.5, 0.6) is 5.75 Å². The Morgan fingerprint density at radius 1 is 1.10 bits per heavy atom. The van der Waals surface area contributed by atoms with E-state index in [0.717, 1.165) is 16.9 Å². The lowest BCUT2D eigenvalue weighted by molar-refractivity contribution is 0.101. The molecule has 4 aromatic rings. The minimum atomic E-state index is -0.366. The van der Waals surface area contributed by atoms with Crippen LogP contribution in [0.1, 0.15) is 38.5 Å². The summed E-state index contributed by atoms with van der Waals surface area (Å²) in [5, 5.41) is 11.1. The maximum absolute atomic E-state index is 12.8. The summed E-state index contributed by atoms with van der Waals surface area (Å²) in [6.45, 7) is 6.65. The largest absolute Gasteiger partial charge is 0.489 e. The van der Waals surface area contributed by atoms with Gasteiger partial charge < -0.3 is 14.6 Å². The van der Waals surface area contributed by atoms with E-state index in [1.807, 2.05) is 62.4 Å². The summed E-state index contributed by atoms with van der Waals surface area (Å²) in [6.07, 6.45) is 3.39. The third-order valence-corrected chi connectivity index (χ3v) is 5.14. The predicted molar refractivity (Wildman–Crippen MR) is 117 cm³/mol. The van der Waals surface area contributed by atoms with Gasteiger partial charge in [-0.2, -0.15) is 5.10 Å². The van der Waals surface area contributed by atoms with Crippen molar-refractivity contribution in [2.75, 3.05) is 5.32 Å². The van der Waals surface area contributed by atoms with Gasteiger partial charge in [-0.15, -0.1) is 0 Å². The van der Waals surface area contributed by atoms with Gasteiger partial charge in [0.1, 0.15) is 18.1 Å². The zero-order valence-electron chi connectivity index (χ0n) is 17.8. The SMILES string of the molecule is Cc1ccc(OCc2c(C(=O)Nc3cnn(Cc4ccccc4)c3)noc2C)cc1C. The Labute approximate surface area is 180 Å². The molecule has 1 N–H and O–H groups in total. The quantitative estimate of drug-likeness (QED) is 0.473. The average Bonchev–Trinajstić information content (AvgIpc) is 3.35. The Morgan fingerprint density at radius 2 is 1.90 bits per heavy atom. The molecule has 2 aromatic heterocycles. The first kappa shape index (κ1) is 20.4. The van der Waals surface area contributed by atoms with Crippen molar-refractivity contribution in [3.8, 4) is 5.75 Å². The second kappa shape index (κ2) is 8.87. The molecular formula is C24H24N4O3. The van der Waals surface area contributed by atoms with Crippen LogP contribution in [0.15, 0.2) is 65.4 Å². The first-order valence-electron chi connectivity index (χ1n) is 10.0. The van der Waals surface area contributed by atoms with Gasteiger partial charge in [0.2, 0.25) is 0 Å². The van der Waals surface area contributed by atoms with E-state index >= 15 is 0 Å². The summed E-state index contributed by atoms with van der Waals surface area (Å²) < 4.78 is 12.9. The number of carbonyl (C=O) groups is 1. The molecule has 0 unspecified atom stereocenters. The van der Waals surface area contributed by atoms with Crippen molar-refractivity contribution >= 4 is 11.6 Å². The lowest BCUT2D eigenvalue weighted by atomic mass is 10.1. The van der Waals surface area contributed by atoms with Crippen molar-refractivity contribution in [2.24, 2.45) is 0 Å². The molecule has 0 aliphatic carbocycles. The number of amides is 1. The molecule has 158 valence electrons. The molecule has 0 bridgehead atoms. The number of aromatic nitrogens is 3. The van der Waals surface area contributed by atoms with Crippen LogP contribution in [0.3, 0.4) is 0 Å². The fraction of sp³-hybridized carbons (Fsp3) is 0.208. The zero-order valence-corrected chi connectivity index (χ0v) is 17.8. The number of nitrogens with one attached hydrogen (secondary N) is 1. The molecule has 0 spiro atoms. The molecule has 1 amide bonds.